The quantitative estimate of drug-likeness (QED) is 0.724. The van der Waals surface area contributed by atoms with Gasteiger partial charge in [-0.25, -0.2) is 4.98 Å². The Labute approximate surface area is 143 Å². The molecule has 0 saturated carbocycles. The third kappa shape index (κ3) is 4.09. The van der Waals surface area contributed by atoms with Gasteiger partial charge in [0.05, 0.1) is 29.0 Å². The molecule has 0 unspecified atom stereocenters. The van der Waals surface area contributed by atoms with E-state index in [-0.39, 0.29) is 24.6 Å². The second-order valence-corrected chi connectivity index (χ2v) is 5.50. The number of para-hydroxylation sites is 1. The summed E-state index contributed by atoms with van der Waals surface area (Å²) in [4.78, 5) is 30.9. The molecule has 25 heavy (non-hydrogen) atoms. The van der Waals surface area contributed by atoms with Crippen LogP contribution in [-0.4, -0.2) is 15.9 Å². The maximum absolute atomic E-state index is 12.0. The molecule has 0 aliphatic rings. The number of nitriles is 1. The van der Waals surface area contributed by atoms with Crippen molar-refractivity contribution < 1.29 is 9.53 Å². The highest BCUT2D eigenvalue weighted by Crippen LogP contribution is 2.08. The molecule has 0 bridgehead atoms. The van der Waals surface area contributed by atoms with Crippen LogP contribution in [-0.2, 0) is 22.6 Å². The lowest BCUT2D eigenvalue weighted by atomic mass is 10.1. The monoisotopic (exact) mass is 333 g/mol. The summed E-state index contributed by atoms with van der Waals surface area (Å²) in [6.07, 6.45) is 0.420. The smallest absolute Gasteiger partial charge is 0.306 e. The van der Waals surface area contributed by atoms with Crippen molar-refractivity contribution in [1.29, 1.82) is 5.26 Å². The number of ether oxygens (including phenoxy) is 1. The fraction of sp³-hybridized carbons (Fsp3) is 0.158. The first kappa shape index (κ1) is 16.4. The van der Waals surface area contributed by atoms with Crippen LogP contribution in [0.5, 0.6) is 0 Å². The van der Waals surface area contributed by atoms with E-state index in [1.54, 1.807) is 42.5 Å². The van der Waals surface area contributed by atoms with Gasteiger partial charge in [-0.2, -0.15) is 5.26 Å². The highest BCUT2D eigenvalue weighted by molar-refractivity contribution is 5.77. The molecule has 6 heteroatoms. The SMILES string of the molecule is N#Cc1ccc(COC(=O)CCc2nc3ccccc3c(=O)[nH]2)cc1. The van der Waals surface area contributed by atoms with Gasteiger partial charge < -0.3 is 9.72 Å². The predicted molar refractivity (Wildman–Crippen MR) is 91.6 cm³/mol. The fourth-order valence-corrected chi connectivity index (χ4v) is 2.39. The Kier molecular flexibility index (Phi) is 4.86. The van der Waals surface area contributed by atoms with Crippen LogP contribution < -0.4 is 5.56 Å². The molecule has 0 amide bonds. The summed E-state index contributed by atoms with van der Waals surface area (Å²) in [6.45, 7) is 0.145. The first-order valence-electron chi connectivity index (χ1n) is 7.78. The van der Waals surface area contributed by atoms with Crippen molar-refractivity contribution in [3.05, 3.63) is 75.8 Å². The van der Waals surface area contributed by atoms with Gasteiger partial charge in [0.15, 0.2) is 0 Å². The molecule has 0 radical (unpaired) electrons. The van der Waals surface area contributed by atoms with Crippen molar-refractivity contribution in [3.63, 3.8) is 0 Å². The van der Waals surface area contributed by atoms with Gasteiger partial charge in [0.25, 0.3) is 5.56 Å². The van der Waals surface area contributed by atoms with Crippen LogP contribution in [0.25, 0.3) is 10.9 Å². The maximum atomic E-state index is 12.0. The zero-order chi connectivity index (χ0) is 17.6. The standard InChI is InChI=1S/C19H15N3O3/c20-11-13-5-7-14(8-6-13)12-25-18(23)10-9-17-21-16-4-2-1-3-15(16)19(24)22-17/h1-8H,9-10,12H2,(H,21,22,24). The van der Waals surface area contributed by atoms with Gasteiger partial charge in [0.1, 0.15) is 12.4 Å². The lowest BCUT2D eigenvalue weighted by Crippen LogP contribution is -2.13. The number of carbonyl (C=O) groups excluding carboxylic acids is 1. The molecule has 3 aromatic rings. The number of esters is 1. The molecule has 0 saturated heterocycles. The Morgan fingerprint density at radius 2 is 1.92 bits per heavy atom. The van der Waals surface area contributed by atoms with E-state index in [0.29, 0.717) is 28.7 Å². The average molecular weight is 333 g/mol. The Hall–Kier alpha value is -3.46. The number of fused-ring (bicyclic) bond motifs is 1. The molecule has 1 N–H and O–H groups in total. The highest BCUT2D eigenvalue weighted by Gasteiger charge is 2.08. The van der Waals surface area contributed by atoms with E-state index in [1.807, 2.05) is 12.1 Å². The van der Waals surface area contributed by atoms with Crippen molar-refractivity contribution in [2.75, 3.05) is 0 Å². The Morgan fingerprint density at radius 1 is 1.16 bits per heavy atom. The van der Waals surface area contributed by atoms with Crippen LogP contribution >= 0.6 is 0 Å². The number of nitrogens with zero attached hydrogens (tertiary/aromatic N) is 2. The predicted octanol–water partition coefficient (Wildman–Crippen LogP) is 2.47. The van der Waals surface area contributed by atoms with Crippen LogP contribution in [0.1, 0.15) is 23.4 Å². The average Bonchev–Trinajstić information content (AvgIpc) is 2.65. The number of rotatable bonds is 5. The van der Waals surface area contributed by atoms with Crippen LogP contribution in [0.2, 0.25) is 0 Å². The van der Waals surface area contributed by atoms with Gasteiger partial charge in [-0.05, 0) is 29.8 Å². The zero-order valence-corrected chi connectivity index (χ0v) is 13.4. The molecular formula is C19H15N3O3. The topological polar surface area (TPSA) is 95.8 Å². The normalized spacial score (nSPS) is 10.4. The fourth-order valence-electron chi connectivity index (χ4n) is 2.39. The summed E-state index contributed by atoms with van der Waals surface area (Å²) < 4.78 is 5.20. The van der Waals surface area contributed by atoms with Crippen molar-refractivity contribution in [2.24, 2.45) is 0 Å². The summed E-state index contributed by atoms with van der Waals surface area (Å²) in [5.41, 5.74) is 1.75. The van der Waals surface area contributed by atoms with Crippen molar-refractivity contribution in [2.45, 2.75) is 19.4 Å². The van der Waals surface area contributed by atoms with Crippen LogP contribution in [0.15, 0.2) is 53.3 Å². The number of carbonyl (C=O) groups is 1. The molecule has 0 fully saturated rings. The number of aromatic nitrogens is 2. The molecule has 1 heterocycles. The van der Waals surface area contributed by atoms with Gasteiger partial charge in [-0.15, -0.1) is 0 Å². The summed E-state index contributed by atoms with van der Waals surface area (Å²) in [5, 5.41) is 9.27. The summed E-state index contributed by atoms with van der Waals surface area (Å²) >= 11 is 0. The number of aromatic amines is 1. The minimum atomic E-state index is -0.375. The van der Waals surface area contributed by atoms with Crippen LogP contribution in [0, 0.1) is 11.3 Å². The summed E-state index contributed by atoms with van der Waals surface area (Å²) in [6, 6.07) is 15.9. The zero-order valence-electron chi connectivity index (χ0n) is 13.4. The molecular weight excluding hydrogens is 318 g/mol. The molecule has 3 rings (SSSR count). The highest BCUT2D eigenvalue weighted by atomic mass is 16.5. The Balaban J connectivity index is 1.57. The minimum absolute atomic E-state index is 0.123. The van der Waals surface area contributed by atoms with Gasteiger partial charge in [-0.1, -0.05) is 24.3 Å². The summed E-state index contributed by atoms with van der Waals surface area (Å²) in [7, 11) is 0. The second kappa shape index (κ2) is 7.41. The number of hydrogen-bond donors (Lipinski definition) is 1. The first-order valence-corrected chi connectivity index (χ1v) is 7.78. The van der Waals surface area contributed by atoms with Crippen molar-refractivity contribution in [1.82, 2.24) is 9.97 Å². The molecule has 2 aromatic carbocycles. The largest absolute Gasteiger partial charge is 0.461 e. The minimum Gasteiger partial charge on any atom is -0.461 e. The Bertz CT molecular complexity index is 1000. The molecule has 0 aliphatic heterocycles. The lowest BCUT2D eigenvalue weighted by molar-refractivity contribution is -0.144. The Morgan fingerprint density at radius 3 is 2.68 bits per heavy atom. The number of hydrogen-bond acceptors (Lipinski definition) is 5. The number of benzene rings is 2. The molecule has 0 spiro atoms. The maximum Gasteiger partial charge on any atom is 0.306 e. The molecule has 1 aromatic heterocycles. The molecule has 0 aliphatic carbocycles. The van der Waals surface area contributed by atoms with Crippen LogP contribution in [0.4, 0.5) is 0 Å². The van der Waals surface area contributed by atoms with E-state index in [4.69, 9.17) is 10.00 Å². The van der Waals surface area contributed by atoms with E-state index in [2.05, 4.69) is 9.97 Å². The van der Waals surface area contributed by atoms with E-state index in [1.165, 1.54) is 0 Å². The molecule has 6 nitrogen and oxygen atoms in total. The van der Waals surface area contributed by atoms with E-state index < -0.39 is 0 Å². The van der Waals surface area contributed by atoms with Gasteiger partial charge >= 0.3 is 5.97 Å². The molecule has 124 valence electrons. The third-order valence-corrected chi connectivity index (χ3v) is 3.71. The molecule has 0 atom stereocenters. The van der Waals surface area contributed by atoms with Crippen molar-refractivity contribution in [3.8, 4) is 6.07 Å². The summed E-state index contributed by atoms with van der Waals surface area (Å²) in [5.74, 6) is 0.0826. The van der Waals surface area contributed by atoms with E-state index in [9.17, 15) is 9.59 Å². The van der Waals surface area contributed by atoms with Crippen LogP contribution in [0.3, 0.4) is 0 Å². The van der Waals surface area contributed by atoms with Gasteiger partial charge in [-0.3, -0.25) is 9.59 Å². The van der Waals surface area contributed by atoms with Gasteiger partial charge in [0, 0.05) is 6.42 Å². The number of H-pyrrole nitrogens is 1. The number of aryl methyl sites for hydroxylation is 1. The third-order valence-electron chi connectivity index (χ3n) is 3.71. The second-order valence-electron chi connectivity index (χ2n) is 5.50. The van der Waals surface area contributed by atoms with Gasteiger partial charge in [0.2, 0.25) is 0 Å². The lowest BCUT2D eigenvalue weighted by Gasteiger charge is -2.05. The van der Waals surface area contributed by atoms with E-state index >= 15 is 0 Å². The number of nitrogens with one attached hydrogen (secondary N) is 1. The first-order chi connectivity index (χ1) is 12.2. The van der Waals surface area contributed by atoms with Crippen molar-refractivity contribution >= 4 is 16.9 Å². The van der Waals surface area contributed by atoms with E-state index in [0.717, 1.165) is 5.56 Å².